The van der Waals surface area contributed by atoms with Crippen molar-refractivity contribution in [2.75, 3.05) is 36.4 Å². The first kappa shape index (κ1) is 18.2. The standard InChI is InChI=1S/C21H23N5O2/c27-20(6-5-16-13-15-3-1-2-4-18(15)25-21(16)28)24-17-7-8-23-19(14-17)26-11-9-22-10-12-26/h1-4,7-8,13-14,22H,5-6,9-12H2,(H,25,28)(H,23,24,27). The number of hydrogen-bond donors (Lipinski definition) is 3. The van der Waals surface area contributed by atoms with E-state index >= 15 is 0 Å². The number of amides is 1. The highest BCUT2D eigenvalue weighted by Crippen LogP contribution is 2.17. The Kier molecular flexibility index (Phi) is 5.34. The molecule has 0 radical (unpaired) electrons. The number of hydrogen-bond acceptors (Lipinski definition) is 5. The minimum atomic E-state index is -0.142. The SMILES string of the molecule is O=C(CCc1cc2ccccc2[nH]c1=O)Nc1ccnc(N2CCNCC2)c1. The van der Waals surface area contributed by atoms with Crippen LogP contribution in [0.25, 0.3) is 10.9 Å². The van der Waals surface area contributed by atoms with Gasteiger partial charge in [-0.1, -0.05) is 18.2 Å². The van der Waals surface area contributed by atoms with Crippen LogP contribution in [0, 0.1) is 0 Å². The van der Waals surface area contributed by atoms with Crippen LogP contribution in [0.5, 0.6) is 0 Å². The molecule has 4 rings (SSSR count). The van der Waals surface area contributed by atoms with Crippen molar-refractivity contribution in [2.45, 2.75) is 12.8 Å². The van der Waals surface area contributed by atoms with Gasteiger partial charge in [0.25, 0.3) is 5.56 Å². The predicted molar refractivity (Wildman–Crippen MR) is 111 cm³/mol. The molecule has 0 unspecified atom stereocenters. The normalized spacial score (nSPS) is 14.2. The van der Waals surface area contributed by atoms with Crippen molar-refractivity contribution in [3.63, 3.8) is 0 Å². The molecule has 28 heavy (non-hydrogen) atoms. The van der Waals surface area contributed by atoms with E-state index < -0.39 is 0 Å². The van der Waals surface area contributed by atoms with Crippen LogP contribution in [0.2, 0.25) is 0 Å². The molecule has 0 spiro atoms. The van der Waals surface area contributed by atoms with Gasteiger partial charge in [0.2, 0.25) is 5.91 Å². The second-order valence-corrected chi connectivity index (χ2v) is 6.90. The summed E-state index contributed by atoms with van der Waals surface area (Å²) in [7, 11) is 0. The summed E-state index contributed by atoms with van der Waals surface area (Å²) in [5.41, 5.74) is 2.00. The lowest BCUT2D eigenvalue weighted by Crippen LogP contribution is -2.43. The van der Waals surface area contributed by atoms with E-state index in [1.54, 1.807) is 12.3 Å². The molecule has 1 amide bonds. The van der Waals surface area contributed by atoms with E-state index in [9.17, 15) is 9.59 Å². The van der Waals surface area contributed by atoms with Gasteiger partial charge >= 0.3 is 0 Å². The Morgan fingerprint density at radius 1 is 1.14 bits per heavy atom. The molecule has 0 atom stereocenters. The zero-order valence-corrected chi connectivity index (χ0v) is 15.6. The molecule has 7 heteroatoms. The van der Waals surface area contributed by atoms with Crippen molar-refractivity contribution >= 4 is 28.3 Å². The van der Waals surface area contributed by atoms with E-state index in [4.69, 9.17) is 0 Å². The topological polar surface area (TPSA) is 90.1 Å². The predicted octanol–water partition coefficient (Wildman–Crippen LogP) is 1.90. The van der Waals surface area contributed by atoms with Gasteiger partial charge in [-0.25, -0.2) is 4.98 Å². The van der Waals surface area contributed by atoms with Crippen LogP contribution in [0.1, 0.15) is 12.0 Å². The number of carbonyl (C=O) groups excluding carboxylic acids is 1. The van der Waals surface area contributed by atoms with Crippen LogP contribution in [-0.2, 0) is 11.2 Å². The third-order valence-corrected chi connectivity index (χ3v) is 4.92. The van der Waals surface area contributed by atoms with Gasteiger partial charge in [0.1, 0.15) is 5.82 Å². The number of carbonyl (C=O) groups is 1. The van der Waals surface area contributed by atoms with E-state index in [0.717, 1.165) is 48.6 Å². The average molecular weight is 377 g/mol. The quantitative estimate of drug-likeness (QED) is 0.632. The summed E-state index contributed by atoms with van der Waals surface area (Å²) >= 11 is 0. The number of piperazine rings is 1. The Bertz CT molecular complexity index is 1040. The second-order valence-electron chi connectivity index (χ2n) is 6.90. The number of aromatic nitrogens is 2. The number of H-pyrrole nitrogens is 1. The highest BCUT2D eigenvalue weighted by molar-refractivity contribution is 5.91. The van der Waals surface area contributed by atoms with Crippen LogP contribution in [0.4, 0.5) is 11.5 Å². The molecular formula is C21H23N5O2. The highest BCUT2D eigenvalue weighted by Gasteiger charge is 2.13. The third kappa shape index (κ3) is 4.20. The zero-order chi connectivity index (χ0) is 19.3. The number of anilines is 2. The lowest BCUT2D eigenvalue weighted by molar-refractivity contribution is -0.116. The van der Waals surface area contributed by atoms with Gasteiger partial charge in [0.15, 0.2) is 0 Å². The van der Waals surface area contributed by atoms with Gasteiger partial charge in [0.05, 0.1) is 0 Å². The molecule has 1 aromatic carbocycles. The third-order valence-electron chi connectivity index (χ3n) is 4.92. The monoisotopic (exact) mass is 377 g/mol. The van der Waals surface area contributed by atoms with Crippen molar-refractivity contribution in [1.82, 2.24) is 15.3 Å². The molecule has 1 aliphatic rings. The Hall–Kier alpha value is -3.19. The molecule has 0 aliphatic carbocycles. The summed E-state index contributed by atoms with van der Waals surface area (Å²) in [5, 5.41) is 7.19. The van der Waals surface area contributed by atoms with Crippen LogP contribution >= 0.6 is 0 Å². The molecule has 7 nitrogen and oxygen atoms in total. The van der Waals surface area contributed by atoms with E-state index in [1.807, 2.05) is 36.4 Å². The first-order valence-electron chi connectivity index (χ1n) is 9.51. The minimum Gasteiger partial charge on any atom is -0.354 e. The summed E-state index contributed by atoms with van der Waals surface area (Å²) < 4.78 is 0. The van der Waals surface area contributed by atoms with Gasteiger partial charge < -0.3 is 20.5 Å². The van der Waals surface area contributed by atoms with Crippen LogP contribution in [-0.4, -0.2) is 42.1 Å². The Labute approximate surface area is 162 Å². The maximum atomic E-state index is 12.4. The molecule has 1 saturated heterocycles. The molecule has 3 N–H and O–H groups in total. The Balaban J connectivity index is 1.40. The number of fused-ring (bicyclic) bond motifs is 1. The second kappa shape index (κ2) is 8.22. The van der Waals surface area contributed by atoms with E-state index in [-0.39, 0.29) is 17.9 Å². The minimum absolute atomic E-state index is 0.120. The van der Waals surface area contributed by atoms with Gasteiger partial charge in [-0.2, -0.15) is 0 Å². The van der Waals surface area contributed by atoms with Crippen LogP contribution in [0.3, 0.4) is 0 Å². The molecular weight excluding hydrogens is 354 g/mol. The summed E-state index contributed by atoms with van der Waals surface area (Å²) in [6, 6.07) is 13.2. The average Bonchev–Trinajstić information content (AvgIpc) is 2.73. The van der Waals surface area contributed by atoms with Gasteiger partial charge in [-0.05, 0) is 30.0 Å². The van der Waals surface area contributed by atoms with E-state index in [0.29, 0.717) is 12.0 Å². The summed E-state index contributed by atoms with van der Waals surface area (Å²) in [6.07, 6.45) is 2.34. The number of benzene rings is 1. The Morgan fingerprint density at radius 3 is 2.82 bits per heavy atom. The van der Waals surface area contributed by atoms with Crippen molar-refractivity contribution in [3.8, 4) is 0 Å². The summed E-state index contributed by atoms with van der Waals surface area (Å²) in [5.74, 6) is 0.746. The van der Waals surface area contributed by atoms with Gasteiger partial charge in [0, 0.05) is 61.6 Å². The molecule has 1 fully saturated rings. The fraction of sp³-hybridized carbons (Fsp3) is 0.286. The van der Waals surface area contributed by atoms with Gasteiger partial charge in [-0.15, -0.1) is 0 Å². The maximum absolute atomic E-state index is 12.4. The maximum Gasteiger partial charge on any atom is 0.251 e. The van der Waals surface area contributed by atoms with Crippen molar-refractivity contribution in [2.24, 2.45) is 0 Å². The van der Waals surface area contributed by atoms with Crippen molar-refractivity contribution in [1.29, 1.82) is 0 Å². The molecule has 0 bridgehead atoms. The molecule has 1 aliphatic heterocycles. The largest absolute Gasteiger partial charge is 0.354 e. The van der Waals surface area contributed by atoms with Crippen LogP contribution < -0.4 is 21.1 Å². The zero-order valence-electron chi connectivity index (χ0n) is 15.6. The smallest absolute Gasteiger partial charge is 0.251 e. The van der Waals surface area contributed by atoms with Crippen molar-refractivity contribution in [3.05, 3.63) is 64.6 Å². The summed E-state index contributed by atoms with van der Waals surface area (Å²) in [4.78, 5) is 34.1. The first-order valence-corrected chi connectivity index (χ1v) is 9.51. The van der Waals surface area contributed by atoms with Crippen LogP contribution in [0.15, 0.2) is 53.5 Å². The number of nitrogens with zero attached hydrogens (tertiary/aromatic N) is 2. The lowest BCUT2D eigenvalue weighted by Gasteiger charge is -2.28. The fourth-order valence-electron chi connectivity index (χ4n) is 3.41. The van der Waals surface area contributed by atoms with Gasteiger partial charge in [-0.3, -0.25) is 9.59 Å². The molecule has 3 aromatic rings. The number of aromatic amines is 1. The molecule has 2 aromatic heterocycles. The number of nitrogens with one attached hydrogen (secondary N) is 3. The van der Waals surface area contributed by atoms with E-state index in [2.05, 4.69) is 25.5 Å². The number of pyridine rings is 2. The molecule has 144 valence electrons. The number of para-hydroxylation sites is 1. The molecule has 3 heterocycles. The first-order chi connectivity index (χ1) is 13.7. The lowest BCUT2D eigenvalue weighted by atomic mass is 10.1. The fourth-order valence-corrected chi connectivity index (χ4v) is 3.41. The van der Waals surface area contributed by atoms with E-state index in [1.165, 1.54) is 0 Å². The van der Waals surface area contributed by atoms with Crippen molar-refractivity contribution < 1.29 is 4.79 Å². The Morgan fingerprint density at radius 2 is 1.96 bits per heavy atom. The molecule has 0 saturated carbocycles. The number of aryl methyl sites for hydroxylation is 1. The summed E-state index contributed by atoms with van der Waals surface area (Å²) in [6.45, 7) is 3.65. The number of rotatable bonds is 5. The highest BCUT2D eigenvalue weighted by atomic mass is 16.1.